The third-order valence-corrected chi connectivity index (χ3v) is 14.7. The average molecular weight is 695 g/mol. The van der Waals surface area contributed by atoms with Crippen LogP contribution < -0.4 is 15.0 Å². The van der Waals surface area contributed by atoms with E-state index in [1.54, 1.807) is 60.0 Å². The van der Waals surface area contributed by atoms with Crippen molar-refractivity contribution in [1.29, 1.82) is 0 Å². The van der Waals surface area contributed by atoms with Crippen LogP contribution >= 0.6 is 0 Å². The molecule has 49 heavy (non-hydrogen) atoms. The van der Waals surface area contributed by atoms with Crippen LogP contribution in [0.2, 0.25) is 18.1 Å². The Hall–Kier alpha value is -3.47. The molecule has 1 aliphatic carbocycles. The fourth-order valence-corrected chi connectivity index (χ4v) is 7.19. The summed E-state index contributed by atoms with van der Waals surface area (Å²) in [6, 6.07) is 9.89. The number of amides is 1. The van der Waals surface area contributed by atoms with E-state index in [-0.39, 0.29) is 34.5 Å². The highest BCUT2D eigenvalue weighted by molar-refractivity contribution is 6.74. The Morgan fingerprint density at radius 1 is 0.980 bits per heavy atom. The molecule has 8 nitrogen and oxygen atoms in total. The zero-order valence-electron chi connectivity index (χ0n) is 31.2. The molecular formula is C39H55FN2O6Si. The molecule has 0 aliphatic heterocycles. The highest BCUT2D eigenvalue weighted by Crippen LogP contribution is 2.42. The number of nitrogens with zero attached hydrogens (tertiary/aromatic N) is 2. The summed E-state index contributed by atoms with van der Waals surface area (Å²) in [7, 11) is -0.243. The Morgan fingerprint density at radius 3 is 2.14 bits per heavy atom. The minimum Gasteiger partial charge on any atom is -0.490 e. The molecule has 1 aliphatic rings. The van der Waals surface area contributed by atoms with Gasteiger partial charge in [-0.2, -0.15) is 0 Å². The molecule has 0 unspecified atom stereocenters. The molecule has 3 aromatic rings. The van der Waals surface area contributed by atoms with Gasteiger partial charge in [-0.15, -0.1) is 0 Å². The molecule has 1 N–H and O–H groups in total. The van der Waals surface area contributed by atoms with E-state index in [4.69, 9.17) is 13.9 Å². The third-order valence-electron chi connectivity index (χ3n) is 10.2. The molecule has 0 atom stereocenters. The van der Waals surface area contributed by atoms with Crippen LogP contribution in [0.4, 0.5) is 4.39 Å². The van der Waals surface area contributed by atoms with E-state index in [1.165, 1.54) is 22.8 Å². The SMILES string of the molecule is CC(=O)N(CCO[Si](C)(C)C(C)(C)C)C1CCC(Oc2cc(=O)n(C)cc2-c2cc(C(C)(C)O)ccc2Oc2c(C)cc(F)cc2C)CC1. The Morgan fingerprint density at radius 2 is 1.59 bits per heavy atom. The molecule has 0 bridgehead atoms. The first kappa shape index (κ1) is 38.3. The number of halogens is 1. The third kappa shape index (κ3) is 9.21. The zero-order chi connectivity index (χ0) is 36.5. The molecule has 1 aromatic heterocycles. The van der Waals surface area contributed by atoms with Crippen LogP contribution in [-0.4, -0.2) is 54.1 Å². The van der Waals surface area contributed by atoms with Crippen LogP contribution in [0.25, 0.3) is 11.1 Å². The predicted molar refractivity (Wildman–Crippen MR) is 196 cm³/mol. The molecular weight excluding hydrogens is 640 g/mol. The van der Waals surface area contributed by atoms with Crippen molar-refractivity contribution in [2.24, 2.45) is 7.05 Å². The lowest BCUT2D eigenvalue weighted by Crippen LogP contribution is -2.47. The summed E-state index contributed by atoms with van der Waals surface area (Å²) < 4.78 is 35.1. The van der Waals surface area contributed by atoms with E-state index < -0.39 is 13.9 Å². The summed E-state index contributed by atoms with van der Waals surface area (Å²) >= 11 is 0. The molecule has 4 rings (SSSR count). The molecule has 268 valence electrons. The summed E-state index contributed by atoms with van der Waals surface area (Å²) in [4.78, 5) is 27.6. The van der Waals surface area contributed by atoms with Gasteiger partial charge in [0.15, 0.2) is 8.32 Å². The van der Waals surface area contributed by atoms with Crippen LogP contribution in [0.1, 0.15) is 83.9 Å². The number of aromatic nitrogens is 1. The second kappa shape index (κ2) is 14.8. The average Bonchev–Trinajstić information content (AvgIpc) is 2.98. The standard InChI is InChI=1S/C39H55FN2O6Si/c1-25-20-29(40)21-26(2)37(25)48-34-17-12-28(39(7,8)45)22-32(34)33-24-41(9)36(44)23-35(33)47-31-15-13-30(14-16-31)42(27(3)43)18-19-46-49(10,11)38(4,5)6/h12,17,20-24,30-31,45H,13-16,18-19H2,1-11H3. The van der Waals surface area contributed by atoms with E-state index in [0.29, 0.717) is 71.1 Å². The maximum Gasteiger partial charge on any atom is 0.254 e. The van der Waals surface area contributed by atoms with E-state index in [2.05, 4.69) is 33.9 Å². The Bertz CT molecular complexity index is 1690. The van der Waals surface area contributed by atoms with Gasteiger partial charge in [0.1, 0.15) is 23.1 Å². The summed E-state index contributed by atoms with van der Waals surface area (Å²) in [5.74, 6) is 1.14. The van der Waals surface area contributed by atoms with Crippen molar-refractivity contribution in [2.75, 3.05) is 13.2 Å². The highest BCUT2D eigenvalue weighted by atomic mass is 28.4. The normalized spacial score (nSPS) is 17.2. The van der Waals surface area contributed by atoms with Gasteiger partial charge in [-0.25, -0.2) is 4.39 Å². The number of rotatable bonds is 11. The summed E-state index contributed by atoms with van der Waals surface area (Å²) in [6.45, 7) is 20.8. The largest absolute Gasteiger partial charge is 0.490 e. The molecule has 1 saturated carbocycles. The van der Waals surface area contributed by atoms with Gasteiger partial charge in [0.25, 0.3) is 5.56 Å². The van der Waals surface area contributed by atoms with E-state index in [0.717, 1.165) is 12.8 Å². The quantitative estimate of drug-likeness (QED) is 0.203. The van der Waals surface area contributed by atoms with Crippen LogP contribution in [0.3, 0.4) is 0 Å². The number of aliphatic hydroxyl groups is 1. The van der Waals surface area contributed by atoms with Gasteiger partial charge in [-0.1, -0.05) is 26.8 Å². The van der Waals surface area contributed by atoms with E-state index >= 15 is 0 Å². The molecule has 1 fully saturated rings. The summed E-state index contributed by atoms with van der Waals surface area (Å²) in [5.41, 5.74) is 1.85. The molecule has 1 heterocycles. The first-order chi connectivity index (χ1) is 22.7. The smallest absolute Gasteiger partial charge is 0.254 e. The van der Waals surface area contributed by atoms with Gasteiger partial charge in [0.05, 0.1) is 18.3 Å². The minimum atomic E-state index is -1.92. The Labute approximate surface area is 292 Å². The van der Waals surface area contributed by atoms with Gasteiger partial charge in [0.2, 0.25) is 5.91 Å². The Kier molecular flexibility index (Phi) is 11.6. The molecule has 2 aromatic carbocycles. The van der Waals surface area contributed by atoms with E-state index in [9.17, 15) is 19.1 Å². The van der Waals surface area contributed by atoms with Crippen molar-refractivity contribution in [2.45, 2.75) is 117 Å². The molecule has 1 amide bonds. The second-order valence-corrected chi connectivity index (χ2v) is 20.4. The maximum atomic E-state index is 14.1. The van der Waals surface area contributed by atoms with Crippen molar-refractivity contribution in [3.8, 4) is 28.4 Å². The number of hydrogen-bond donors (Lipinski definition) is 1. The fraction of sp³-hybridized carbons (Fsp3) is 0.538. The van der Waals surface area contributed by atoms with Crippen molar-refractivity contribution < 1.29 is 28.2 Å². The van der Waals surface area contributed by atoms with Crippen molar-refractivity contribution in [3.63, 3.8) is 0 Å². The van der Waals surface area contributed by atoms with Gasteiger partial charge < -0.3 is 28.5 Å². The number of carbonyl (C=O) groups is 1. The number of aryl methyl sites for hydroxylation is 3. The molecule has 0 radical (unpaired) electrons. The second-order valence-electron chi connectivity index (χ2n) is 15.6. The van der Waals surface area contributed by atoms with Gasteiger partial charge in [-0.3, -0.25) is 9.59 Å². The number of carbonyl (C=O) groups excluding carboxylic acids is 1. The first-order valence-corrected chi connectivity index (χ1v) is 20.2. The Balaban J connectivity index is 1.60. The fourth-order valence-electron chi connectivity index (χ4n) is 6.16. The topological polar surface area (TPSA) is 90.2 Å². The molecule has 0 spiro atoms. The number of benzene rings is 2. The number of ether oxygens (including phenoxy) is 2. The lowest BCUT2D eigenvalue weighted by atomic mass is 9.91. The first-order valence-electron chi connectivity index (χ1n) is 17.3. The summed E-state index contributed by atoms with van der Waals surface area (Å²) in [5, 5.41) is 11.0. The predicted octanol–water partition coefficient (Wildman–Crippen LogP) is 8.39. The lowest BCUT2D eigenvalue weighted by molar-refractivity contribution is -0.132. The maximum absolute atomic E-state index is 14.1. The summed E-state index contributed by atoms with van der Waals surface area (Å²) in [6.07, 6.45) is 4.54. The minimum absolute atomic E-state index is 0.0443. The van der Waals surface area contributed by atoms with Crippen molar-refractivity contribution in [1.82, 2.24) is 9.47 Å². The van der Waals surface area contributed by atoms with Crippen LogP contribution in [0, 0.1) is 19.7 Å². The van der Waals surface area contributed by atoms with Crippen molar-refractivity contribution >= 4 is 14.2 Å². The monoisotopic (exact) mass is 694 g/mol. The van der Waals surface area contributed by atoms with Gasteiger partial charge >= 0.3 is 0 Å². The number of hydrogen-bond acceptors (Lipinski definition) is 6. The van der Waals surface area contributed by atoms with Crippen LogP contribution in [0.5, 0.6) is 17.2 Å². The van der Waals surface area contributed by atoms with E-state index in [1.807, 2.05) is 11.0 Å². The highest BCUT2D eigenvalue weighted by Gasteiger charge is 2.37. The number of pyridine rings is 1. The van der Waals surface area contributed by atoms with Crippen molar-refractivity contribution in [3.05, 3.63) is 75.5 Å². The lowest BCUT2D eigenvalue weighted by Gasteiger charge is -2.39. The van der Waals surface area contributed by atoms with Gasteiger partial charge in [0, 0.05) is 49.9 Å². The van der Waals surface area contributed by atoms with Gasteiger partial charge in [-0.05, 0) is 112 Å². The molecule has 0 saturated heterocycles. The molecule has 10 heteroatoms. The van der Waals surface area contributed by atoms with Crippen LogP contribution in [-0.2, 0) is 21.9 Å². The van der Waals surface area contributed by atoms with Crippen LogP contribution in [0.15, 0.2) is 47.4 Å². The zero-order valence-corrected chi connectivity index (χ0v) is 32.2.